The highest BCUT2D eigenvalue weighted by Crippen LogP contribution is 2.23. The van der Waals surface area contributed by atoms with Crippen molar-refractivity contribution in [1.29, 1.82) is 0 Å². The van der Waals surface area contributed by atoms with E-state index in [0.717, 1.165) is 24.3 Å². The van der Waals surface area contributed by atoms with Gasteiger partial charge in [-0.3, -0.25) is 9.59 Å². The molecule has 0 bridgehead atoms. The third kappa shape index (κ3) is 7.47. The van der Waals surface area contributed by atoms with Gasteiger partial charge in [-0.05, 0) is 64.8 Å². The first-order valence-corrected chi connectivity index (χ1v) is 11.7. The summed E-state index contributed by atoms with van der Waals surface area (Å²) in [6.45, 7) is 7.01. The maximum atomic E-state index is 12.5. The first-order valence-electron chi connectivity index (χ1n) is 10.2. The Kier molecular flexibility index (Phi) is 8.02. The van der Waals surface area contributed by atoms with Crippen LogP contribution in [0, 0.1) is 0 Å². The third-order valence-electron chi connectivity index (χ3n) is 4.63. The molecule has 0 aromatic heterocycles. The average molecular weight is 506 g/mol. The number of hydrogen-bond acceptors (Lipinski definition) is 6. The number of nitrogens with one attached hydrogen (secondary N) is 2. The monoisotopic (exact) mass is 505 g/mol. The van der Waals surface area contributed by atoms with Gasteiger partial charge in [-0.15, -0.1) is 0 Å². The van der Waals surface area contributed by atoms with Crippen LogP contribution in [0.15, 0.2) is 40.8 Å². The Morgan fingerprint density at radius 3 is 2.24 bits per heavy atom. The van der Waals surface area contributed by atoms with Crippen molar-refractivity contribution in [3.05, 3.63) is 35.9 Å². The molecular formula is C21H26F3N3O6S. The van der Waals surface area contributed by atoms with Gasteiger partial charge in [0.1, 0.15) is 5.60 Å². The molecular weight excluding hydrogens is 479 g/mol. The lowest BCUT2D eigenvalue weighted by Crippen LogP contribution is -2.39. The Balaban J connectivity index is 2.08. The van der Waals surface area contributed by atoms with Crippen LogP contribution < -0.4 is 10.0 Å². The third-order valence-corrected chi connectivity index (χ3v) is 5.98. The second-order valence-electron chi connectivity index (χ2n) is 8.64. The van der Waals surface area contributed by atoms with E-state index in [2.05, 4.69) is 0 Å². The number of benzene rings is 1. The minimum Gasteiger partial charge on any atom is -0.444 e. The number of ether oxygens (including phenoxy) is 1. The quantitative estimate of drug-likeness (QED) is 0.592. The standard InChI is InChI=1S/C21H26F3N3O6S/c1-13(12-15-6-5-11-27(15)19(30)33-20(2,3)4)17(28)26-34(31,32)16-9-7-14(8-10-16)25-18(29)21(22,23)24/h7-10,12,15H,5-6,11H2,1-4H3,(H,25,29)(H,26,28)/b13-12+. The summed E-state index contributed by atoms with van der Waals surface area (Å²) in [4.78, 5) is 36.9. The molecule has 0 aliphatic carbocycles. The lowest BCUT2D eigenvalue weighted by Gasteiger charge is -2.27. The lowest BCUT2D eigenvalue weighted by atomic mass is 10.1. The van der Waals surface area contributed by atoms with Gasteiger partial charge in [0.25, 0.3) is 15.9 Å². The number of nitrogens with zero attached hydrogens (tertiary/aromatic N) is 1. The van der Waals surface area contributed by atoms with Crippen molar-refractivity contribution in [2.75, 3.05) is 11.9 Å². The van der Waals surface area contributed by atoms with Crippen LogP contribution in [0.5, 0.6) is 0 Å². The molecule has 1 aliphatic heterocycles. The van der Waals surface area contributed by atoms with Crippen molar-refractivity contribution in [2.24, 2.45) is 0 Å². The predicted molar refractivity (Wildman–Crippen MR) is 116 cm³/mol. The number of anilines is 1. The SMILES string of the molecule is C/C(=C\C1CCCN1C(=O)OC(C)(C)C)C(=O)NS(=O)(=O)c1ccc(NC(=O)C(F)(F)F)cc1. The molecule has 1 aromatic rings. The molecule has 2 N–H and O–H groups in total. The van der Waals surface area contributed by atoms with Crippen LogP contribution in [0.3, 0.4) is 0 Å². The summed E-state index contributed by atoms with van der Waals surface area (Å²) >= 11 is 0. The fraction of sp³-hybridized carbons (Fsp3) is 0.476. The zero-order valence-corrected chi connectivity index (χ0v) is 19.8. The van der Waals surface area contributed by atoms with Crippen LogP contribution in [0.1, 0.15) is 40.5 Å². The largest absolute Gasteiger partial charge is 0.471 e. The van der Waals surface area contributed by atoms with Gasteiger partial charge in [0.15, 0.2) is 0 Å². The maximum Gasteiger partial charge on any atom is 0.471 e. The lowest BCUT2D eigenvalue weighted by molar-refractivity contribution is -0.167. The van der Waals surface area contributed by atoms with E-state index in [0.29, 0.717) is 19.4 Å². The van der Waals surface area contributed by atoms with Crippen LogP contribution in [0.4, 0.5) is 23.7 Å². The van der Waals surface area contributed by atoms with E-state index in [-0.39, 0.29) is 11.3 Å². The first kappa shape index (κ1) is 27.2. The number of sulfonamides is 1. The minimum atomic E-state index is -5.10. The van der Waals surface area contributed by atoms with E-state index in [1.807, 2.05) is 4.72 Å². The summed E-state index contributed by atoms with van der Waals surface area (Å²) in [5, 5.41) is 1.59. The molecule has 1 saturated heterocycles. The number of likely N-dealkylation sites (tertiary alicyclic amines) is 1. The van der Waals surface area contributed by atoms with E-state index >= 15 is 0 Å². The number of amides is 3. The molecule has 1 atom stereocenters. The maximum absolute atomic E-state index is 12.5. The summed E-state index contributed by atoms with van der Waals surface area (Å²) in [6, 6.07) is 3.37. The first-order chi connectivity index (χ1) is 15.5. The summed E-state index contributed by atoms with van der Waals surface area (Å²) in [5.74, 6) is -3.13. The van der Waals surface area contributed by atoms with Crippen LogP contribution >= 0.6 is 0 Å². The highest BCUT2D eigenvalue weighted by Gasteiger charge is 2.38. The summed E-state index contributed by atoms with van der Waals surface area (Å²) in [5.41, 5.74) is -0.912. The molecule has 0 radical (unpaired) electrons. The summed E-state index contributed by atoms with van der Waals surface area (Å²) in [6.07, 6.45) is -2.89. The average Bonchev–Trinajstić information content (AvgIpc) is 3.14. The van der Waals surface area contributed by atoms with Crippen LogP contribution in [0.2, 0.25) is 0 Å². The molecule has 3 amide bonds. The van der Waals surface area contributed by atoms with Crippen LogP contribution in [-0.2, 0) is 24.3 Å². The van der Waals surface area contributed by atoms with E-state index in [4.69, 9.17) is 4.74 Å². The highest BCUT2D eigenvalue weighted by molar-refractivity contribution is 7.90. The fourth-order valence-electron chi connectivity index (χ4n) is 3.06. The van der Waals surface area contributed by atoms with Crippen molar-refractivity contribution < 1.29 is 40.7 Å². The topological polar surface area (TPSA) is 122 Å². The van der Waals surface area contributed by atoms with E-state index in [1.165, 1.54) is 17.9 Å². The molecule has 188 valence electrons. The molecule has 34 heavy (non-hydrogen) atoms. The van der Waals surface area contributed by atoms with Gasteiger partial charge in [-0.25, -0.2) is 17.9 Å². The summed E-state index contributed by atoms with van der Waals surface area (Å²) < 4.78 is 69.2. The van der Waals surface area contributed by atoms with Crippen LogP contribution in [0.25, 0.3) is 0 Å². The Morgan fingerprint density at radius 2 is 1.71 bits per heavy atom. The fourth-order valence-corrected chi connectivity index (χ4v) is 4.08. The molecule has 13 heteroatoms. The zero-order valence-electron chi connectivity index (χ0n) is 19.0. The van der Waals surface area contributed by atoms with Crippen molar-refractivity contribution in [2.45, 2.75) is 63.3 Å². The Labute approximate surface area is 195 Å². The van der Waals surface area contributed by atoms with E-state index in [1.54, 1.807) is 26.1 Å². The van der Waals surface area contributed by atoms with Crippen LogP contribution in [-0.4, -0.2) is 55.6 Å². The van der Waals surface area contributed by atoms with Crippen molar-refractivity contribution >= 4 is 33.6 Å². The Bertz CT molecular complexity index is 1080. The molecule has 9 nitrogen and oxygen atoms in total. The second kappa shape index (κ2) is 10.0. The molecule has 1 fully saturated rings. The van der Waals surface area contributed by atoms with Crippen molar-refractivity contribution in [3.63, 3.8) is 0 Å². The Morgan fingerprint density at radius 1 is 1.12 bits per heavy atom. The number of alkyl halides is 3. The van der Waals surface area contributed by atoms with Gasteiger partial charge in [0.05, 0.1) is 10.9 Å². The molecule has 1 unspecified atom stereocenters. The number of carbonyl (C=O) groups excluding carboxylic acids is 3. The molecule has 1 aromatic carbocycles. The van der Waals surface area contributed by atoms with Crippen molar-refractivity contribution in [1.82, 2.24) is 9.62 Å². The molecule has 1 aliphatic rings. The number of hydrogen-bond donors (Lipinski definition) is 2. The smallest absolute Gasteiger partial charge is 0.444 e. The molecule has 0 saturated carbocycles. The second-order valence-corrected chi connectivity index (χ2v) is 10.3. The molecule has 1 heterocycles. The van der Waals surface area contributed by atoms with Gasteiger partial charge in [0.2, 0.25) is 0 Å². The number of rotatable bonds is 5. The van der Waals surface area contributed by atoms with Gasteiger partial charge < -0.3 is 15.0 Å². The van der Waals surface area contributed by atoms with Crippen molar-refractivity contribution in [3.8, 4) is 0 Å². The molecule has 0 spiro atoms. The predicted octanol–water partition coefficient (Wildman–Crippen LogP) is 3.34. The van der Waals surface area contributed by atoms with Gasteiger partial charge in [0, 0.05) is 17.8 Å². The van der Waals surface area contributed by atoms with Gasteiger partial charge >= 0.3 is 18.2 Å². The van der Waals surface area contributed by atoms with Gasteiger partial charge in [-0.2, -0.15) is 13.2 Å². The highest BCUT2D eigenvalue weighted by atomic mass is 32.2. The van der Waals surface area contributed by atoms with E-state index < -0.39 is 50.6 Å². The summed E-state index contributed by atoms with van der Waals surface area (Å²) in [7, 11) is -4.35. The van der Waals surface area contributed by atoms with E-state index in [9.17, 15) is 36.0 Å². The van der Waals surface area contributed by atoms with Gasteiger partial charge in [-0.1, -0.05) is 6.08 Å². The normalized spacial score (nSPS) is 17.3. The molecule has 2 rings (SSSR count). The number of carbonyl (C=O) groups is 3. The number of halogens is 3. The zero-order chi connectivity index (χ0) is 25.9. The minimum absolute atomic E-state index is 0.0538. The Hall–Kier alpha value is -3.09.